The Morgan fingerprint density at radius 3 is 2.42 bits per heavy atom. The van der Waals surface area contributed by atoms with E-state index in [0.717, 1.165) is 19.5 Å². The van der Waals surface area contributed by atoms with Crippen LogP contribution in [0.4, 0.5) is 4.79 Å². The molecule has 1 saturated carbocycles. The molecule has 1 aliphatic heterocycles. The molecule has 3 nitrogen and oxygen atoms in total. The molecule has 0 spiro atoms. The Hall–Kier alpha value is -0.730. The maximum atomic E-state index is 12.1. The minimum absolute atomic E-state index is 0.130. The number of rotatable bonds is 1. The highest BCUT2D eigenvalue weighted by Gasteiger charge is 2.41. The first-order valence-corrected chi connectivity index (χ1v) is 7.78. The predicted octanol–water partition coefficient (Wildman–Crippen LogP) is 4.21. The lowest BCUT2D eigenvalue weighted by Crippen LogP contribution is -2.37. The SMILES string of the molecule is CC(C)(C)OC(=O)N1CCC(C2(C)CCCCC2)C1. The molecule has 1 saturated heterocycles. The highest BCUT2D eigenvalue weighted by Crippen LogP contribution is 2.45. The van der Waals surface area contributed by atoms with E-state index >= 15 is 0 Å². The van der Waals surface area contributed by atoms with E-state index in [9.17, 15) is 4.79 Å². The zero-order valence-electron chi connectivity index (χ0n) is 13.0. The van der Waals surface area contributed by atoms with Crippen molar-refractivity contribution in [2.75, 3.05) is 13.1 Å². The standard InChI is InChI=1S/C16H29NO2/c1-15(2,3)19-14(18)17-11-8-13(12-17)16(4)9-6-5-7-10-16/h13H,5-12H2,1-4H3. The average Bonchev–Trinajstić information content (AvgIpc) is 2.77. The Morgan fingerprint density at radius 1 is 1.21 bits per heavy atom. The summed E-state index contributed by atoms with van der Waals surface area (Å²) in [6, 6.07) is 0. The lowest BCUT2D eigenvalue weighted by Gasteiger charge is -2.39. The van der Waals surface area contributed by atoms with Crippen molar-refractivity contribution in [1.29, 1.82) is 0 Å². The van der Waals surface area contributed by atoms with Gasteiger partial charge in [0.2, 0.25) is 0 Å². The molecule has 2 fully saturated rings. The topological polar surface area (TPSA) is 29.5 Å². The Morgan fingerprint density at radius 2 is 1.84 bits per heavy atom. The molecule has 0 aromatic rings. The summed E-state index contributed by atoms with van der Waals surface area (Å²) in [7, 11) is 0. The third-order valence-electron chi connectivity index (χ3n) is 4.82. The zero-order chi connectivity index (χ0) is 14.1. The molecule has 0 N–H and O–H groups in total. The molecule has 1 atom stereocenters. The fourth-order valence-electron chi connectivity index (χ4n) is 3.59. The highest BCUT2D eigenvalue weighted by molar-refractivity contribution is 5.68. The fraction of sp³-hybridized carbons (Fsp3) is 0.938. The van der Waals surface area contributed by atoms with Crippen molar-refractivity contribution in [2.45, 2.75) is 71.8 Å². The van der Waals surface area contributed by atoms with Gasteiger partial charge in [0, 0.05) is 13.1 Å². The molecule has 0 aromatic carbocycles. The van der Waals surface area contributed by atoms with Crippen molar-refractivity contribution >= 4 is 6.09 Å². The smallest absolute Gasteiger partial charge is 0.410 e. The van der Waals surface area contributed by atoms with Crippen LogP contribution in [0.15, 0.2) is 0 Å². The average molecular weight is 267 g/mol. The second-order valence-corrected chi connectivity index (χ2v) is 7.63. The lowest BCUT2D eigenvalue weighted by atomic mass is 9.67. The Kier molecular flexibility index (Phi) is 4.12. The van der Waals surface area contributed by atoms with Gasteiger partial charge in [-0.1, -0.05) is 26.2 Å². The van der Waals surface area contributed by atoms with E-state index in [1.165, 1.54) is 32.1 Å². The third kappa shape index (κ3) is 3.64. The summed E-state index contributed by atoms with van der Waals surface area (Å²) in [6.45, 7) is 9.98. The summed E-state index contributed by atoms with van der Waals surface area (Å²) < 4.78 is 5.48. The first-order valence-electron chi connectivity index (χ1n) is 7.78. The molecule has 19 heavy (non-hydrogen) atoms. The summed E-state index contributed by atoms with van der Waals surface area (Å²) in [5.41, 5.74) is 0.0684. The van der Waals surface area contributed by atoms with Crippen LogP contribution in [0.3, 0.4) is 0 Å². The normalized spacial score (nSPS) is 27.4. The largest absolute Gasteiger partial charge is 0.444 e. The van der Waals surface area contributed by atoms with E-state index < -0.39 is 0 Å². The molecule has 2 rings (SSSR count). The highest BCUT2D eigenvalue weighted by atomic mass is 16.6. The first-order chi connectivity index (χ1) is 8.80. The van der Waals surface area contributed by atoms with E-state index in [0.29, 0.717) is 11.3 Å². The number of hydrogen-bond donors (Lipinski definition) is 0. The minimum Gasteiger partial charge on any atom is -0.444 e. The van der Waals surface area contributed by atoms with Gasteiger partial charge >= 0.3 is 6.09 Å². The second-order valence-electron chi connectivity index (χ2n) is 7.63. The molecule has 0 radical (unpaired) electrons. The van der Waals surface area contributed by atoms with Crippen molar-refractivity contribution in [3.05, 3.63) is 0 Å². The van der Waals surface area contributed by atoms with E-state index in [-0.39, 0.29) is 11.7 Å². The van der Waals surface area contributed by atoms with Crippen LogP contribution in [0.2, 0.25) is 0 Å². The number of ether oxygens (including phenoxy) is 1. The number of hydrogen-bond acceptors (Lipinski definition) is 2. The van der Waals surface area contributed by atoms with Crippen molar-refractivity contribution < 1.29 is 9.53 Å². The van der Waals surface area contributed by atoms with Gasteiger partial charge in [0.05, 0.1) is 0 Å². The molecular weight excluding hydrogens is 238 g/mol. The fourth-order valence-corrected chi connectivity index (χ4v) is 3.59. The van der Waals surface area contributed by atoms with Crippen LogP contribution in [0.5, 0.6) is 0 Å². The Balaban J connectivity index is 1.90. The Bertz CT molecular complexity index is 326. The van der Waals surface area contributed by atoms with Gasteiger partial charge in [0.1, 0.15) is 5.60 Å². The number of likely N-dealkylation sites (tertiary alicyclic amines) is 1. The summed E-state index contributed by atoms with van der Waals surface area (Å²) >= 11 is 0. The van der Waals surface area contributed by atoms with Crippen molar-refractivity contribution in [2.24, 2.45) is 11.3 Å². The van der Waals surface area contributed by atoms with Crippen molar-refractivity contribution in [3.8, 4) is 0 Å². The van der Waals surface area contributed by atoms with Gasteiger partial charge in [-0.2, -0.15) is 0 Å². The number of carbonyl (C=O) groups excluding carboxylic acids is 1. The van der Waals surface area contributed by atoms with Gasteiger partial charge in [-0.05, 0) is 51.4 Å². The van der Waals surface area contributed by atoms with Gasteiger partial charge in [0.25, 0.3) is 0 Å². The Labute approximate surface area is 117 Å². The number of carbonyl (C=O) groups is 1. The maximum Gasteiger partial charge on any atom is 0.410 e. The number of nitrogens with zero attached hydrogens (tertiary/aromatic N) is 1. The minimum atomic E-state index is -0.385. The summed E-state index contributed by atoms with van der Waals surface area (Å²) in [6.07, 6.45) is 7.79. The van der Waals surface area contributed by atoms with Gasteiger partial charge < -0.3 is 9.64 Å². The van der Waals surface area contributed by atoms with Crippen LogP contribution in [-0.2, 0) is 4.74 Å². The third-order valence-corrected chi connectivity index (χ3v) is 4.82. The van der Waals surface area contributed by atoms with Crippen LogP contribution in [0.25, 0.3) is 0 Å². The van der Waals surface area contributed by atoms with Crippen molar-refractivity contribution in [3.63, 3.8) is 0 Å². The molecule has 2 aliphatic rings. The monoisotopic (exact) mass is 267 g/mol. The predicted molar refractivity (Wildman–Crippen MR) is 77.1 cm³/mol. The molecular formula is C16H29NO2. The maximum absolute atomic E-state index is 12.1. The molecule has 110 valence electrons. The summed E-state index contributed by atoms with van der Waals surface area (Å²) in [5, 5.41) is 0. The van der Waals surface area contributed by atoms with Crippen molar-refractivity contribution in [1.82, 2.24) is 4.90 Å². The number of amides is 1. The second kappa shape index (κ2) is 5.34. The molecule has 0 bridgehead atoms. The summed E-state index contributed by atoms with van der Waals surface area (Å²) in [4.78, 5) is 14.0. The van der Waals surface area contributed by atoms with Crippen LogP contribution < -0.4 is 0 Å². The molecule has 3 heteroatoms. The molecule has 1 unspecified atom stereocenters. The molecule has 1 amide bonds. The van der Waals surface area contributed by atoms with Gasteiger partial charge in [-0.25, -0.2) is 4.79 Å². The van der Waals surface area contributed by atoms with Crippen LogP contribution in [-0.4, -0.2) is 29.7 Å². The van der Waals surface area contributed by atoms with Gasteiger partial charge in [-0.3, -0.25) is 0 Å². The quantitative estimate of drug-likeness (QED) is 0.712. The molecule has 1 heterocycles. The lowest BCUT2D eigenvalue weighted by molar-refractivity contribution is 0.0264. The van der Waals surface area contributed by atoms with E-state index in [2.05, 4.69) is 6.92 Å². The molecule has 1 aliphatic carbocycles. The van der Waals surface area contributed by atoms with E-state index in [4.69, 9.17) is 4.74 Å². The zero-order valence-corrected chi connectivity index (χ0v) is 13.0. The van der Waals surface area contributed by atoms with Gasteiger partial charge in [-0.15, -0.1) is 0 Å². The first kappa shape index (κ1) is 14.7. The summed E-state index contributed by atoms with van der Waals surface area (Å²) in [5.74, 6) is 0.667. The van der Waals surface area contributed by atoms with Gasteiger partial charge in [0.15, 0.2) is 0 Å². The van der Waals surface area contributed by atoms with E-state index in [1.807, 2.05) is 25.7 Å². The van der Waals surface area contributed by atoms with Crippen LogP contribution in [0.1, 0.15) is 66.2 Å². The van der Waals surface area contributed by atoms with Crippen LogP contribution in [0, 0.1) is 11.3 Å². The van der Waals surface area contributed by atoms with Crippen LogP contribution >= 0.6 is 0 Å². The van der Waals surface area contributed by atoms with E-state index in [1.54, 1.807) is 0 Å². The molecule has 0 aromatic heterocycles.